The van der Waals surface area contributed by atoms with Gasteiger partial charge in [-0.05, 0) is 38.2 Å². The molecule has 0 spiro atoms. The lowest BCUT2D eigenvalue weighted by molar-refractivity contribution is -0.123. The summed E-state index contributed by atoms with van der Waals surface area (Å²) in [6, 6.07) is 13.6. The van der Waals surface area contributed by atoms with E-state index in [-0.39, 0.29) is 23.1 Å². The van der Waals surface area contributed by atoms with Gasteiger partial charge in [-0.1, -0.05) is 29.8 Å². The standard InChI is InChI=1S/C20H21N3O3S/c1-14-7-9-16(10-8-14)27(25,26)23-18-6-4-3-5-17(18)21-20(23)19-13-15(24)11-12-22(19)2/h3-10,19H,11-13H2,1-2H3. The molecule has 0 N–H and O–H groups in total. The summed E-state index contributed by atoms with van der Waals surface area (Å²) in [5.74, 6) is 0.525. The topological polar surface area (TPSA) is 72.3 Å². The molecule has 2 heterocycles. The van der Waals surface area contributed by atoms with E-state index in [1.54, 1.807) is 42.5 Å². The van der Waals surface area contributed by atoms with Crippen molar-refractivity contribution in [1.82, 2.24) is 13.9 Å². The molecule has 1 unspecified atom stereocenters. The van der Waals surface area contributed by atoms with Gasteiger partial charge in [-0.2, -0.15) is 0 Å². The predicted octanol–water partition coefficient (Wildman–Crippen LogP) is 2.92. The highest BCUT2D eigenvalue weighted by Gasteiger charge is 2.34. The first-order chi connectivity index (χ1) is 12.9. The number of carbonyl (C=O) groups is 1. The van der Waals surface area contributed by atoms with Gasteiger partial charge < -0.3 is 0 Å². The Kier molecular flexibility index (Phi) is 4.36. The number of imidazole rings is 1. The second-order valence-electron chi connectivity index (χ2n) is 7.03. The van der Waals surface area contributed by atoms with Gasteiger partial charge in [0.05, 0.1) is 22.0 Å². The van der Waals surface area contributed by atoms with Crippen molar-refractivity contribution in [3.8, 4) is 0 Å². The third-order valence-electron chi connectivity index (χ3n) is 5.10. The number of rotatable bonds is 3. The van der Waals surface area contributed by atoms with Crippen LogP contribution in [-0.4, -0.2) is 41.6 Å². The Labute approximate surface area is 158 Å². The summed E-state index contributed by atoms with van der Waals surface area (Å²) in [6.45, 7) is 2.51. The van der Waals surface area contributed by atoms with Crippen molar-refractivity contribution < 1.29 is 13.2 Å². The van der Waals surface area contributed by atoms with Crippen molar-refractivity contribution >= 4 is 26.8 Å². The summed E-state index contributed by atoms with van der Waals surface area (Å²) in [5, 5.41) is 0. The van der Waals surface area contributed by atoms with Gasteiger partial charge in [0.15, 0.2) is 0 Å². The largest absolute Gasteiger partial charge is 0.300 e. The number of para-hydroxylation sites is 2. The lowest BCUT2D eigenvalue weighted by Crippen LogP contribution is -2.36. The van der Waals surface area contributed by atoms with Crippen molar-refractivity contribution in [2.24, 2.45) is 0 Å². The Morgan fingerprint density at radius 1 is 1.07 bits per heavy atom. The van der Waals surface area contributed by atoms with Crippen molar-refractivity contribution in [2.75, 3.05) is 13.6 Å². The first kappa shape index (κ1) is 17.9. The summed E-state index contributed by atoms with van der Waals surface area (Å²) in [4.78, 5) is 18.9. The number of benzene rings is 2. The maximum absolute atomic E-state index is 13.5. The minimum absolute atomic E-state index is 0.129. The fourth-order valence-electron chi connectivity index (χ4n) is 3.52. The predicted molar refractivity (Wildman–Crippen MR) is 103 cm³/mol. The molecule has 1 fully saturated rings. The van der Waals surface area contributed by atoms with Gasteiger partial charge in [-0.3, -0.25) is 9.69 Å². The first-order valence-electron chi connectivity index (χ1n) is 8.89. The minimum atomic E-state index is -3.84. The molecular formula is C20H21N3O3S. The van der Waals surface area contributed by atoms with E-state index in [2.05, 4.69) is 4.98 Å². The van der Waals surface area contributed by atoms with Crippen molar-refractivity contribution in [3.05, 3.63) is 59.9 Å². The van der Waals surface area contributed by atoms with E-state index in [0.717, 1.165) is 5.56 Å². The Morgan fingerprint density at radius 2 is 1.78 bits per heavy atom. The zero-order valence-corrected chi connectivity index (χ0v) is 16.1. The number of nitrogens with zero attached hydrogens (tertiary/aromatic N) is 3. The number of aromatic nitrogens is 2. The van der Waals surface area contributed by atoms with E-state index in [0.29, 0.717) is 29.8 Å². The zero-order valence-electron chi connectivity index (χ0n) is 15.3. The third-order valence-corrected chi connectivity index (χ3v) is 6.83. The first-order valence-corrected chi connectivity index (χ1v) is 10.3. The van der Waals surface area contributed by atoms with Crippen LogP contribution in [0.1, 0.15) is 30.3 Å². The van der Waals surface area contributed by atoms with Crippen LogP contribution in [0.4, 0.5) is 0 Å². The second kappa shape index (κ2) is 6.58. The van der Waals surface area contributed by atoms with E-state index < -0.39 is 10.0 Å². The molecule has 6 nitrogen and oxygen atoms in total. The molecule has 1 aliphatic rings. The Bertz CT molecular complexity index is 1120. The van der Waals surface area contributed by atoms with E-state index in [1.165, 1.54) is 3.97 Å². The number of ketones is 1. The highest BCUT2D eigenvalue weighted by Crippen LogP contribution is 2.32. The molecular weight excluding hydrogens is 362 g/mol. The maximum Gasteiger partial charge on any atom is 0.269 e. The fraction of sp³-hybridized carbons (Fsp3) is 0.300. The van der Waals surface area contributed by atoms with Gasteiger partial charge in [0.2, 0.25) is 0 Å². The van der Waals surface area contributed by atoms with Crippen LogP contribution in [0.15, 0.2) is 53.4 Å². The molecule has 140 valence electrons. The van der Waals surface area contributed by atoms with E-state index in [4.69, 9.17) is 0 Å². The summed E-state index contributed by atoms with van der Waals surface area (Å²) < 4.78 is 28.3. The molecule has 7 heteroatoms. The molecule has 0 aliphatic carbocycles. The van der Waals surface area contributed by atoms with Crippen molar-refractivity contribution in [1.29, 1.82) is 0 Å². The molecule has 1 aromatic heterocycles. The molecule has 0 amide bonds. The molecule has 3 aromatic rings. The number of piperidine rings is 1. The minimum Gasteiger partial charge on any atom is -0.300 e. The highest BCUT2D eigenvalue weighted by atomic mass is 32.2. The van der Waals surface area contributed by atoms with Gasteiger partial charge in [0.1, 0.15) is 11.6 Å². The van der Waals surface area contributed by atoms with Crippen LogP contribution >= 0.6 is 0 Å². The molecule has 4 rings (SSSR count). The molecule has 0 radical (unpaired) electrons. The van der Waals surface area contributed by atoms with Gasteiger partial charge in [-0.25, -0.2) is 17.4 Å². The smallest absolute Gasteiger partial charge is 0.269 e. The average molecular weight is 383 g/mol. The number of aryl methyl sites for hydroxylation is 1. The fourth-order valence-corrected chi connectivity index (χ4v) is 5.03. The SMILES string of the molecule is Cc1ccc(S(=O)(=O)n2c(C3CC(=O)CCN3C)nc3ccccc32)cc1. The quantitative estimate of drug-likeness (QED) is 0.695. The van der Waals surface area contributed by atoms with Crippen LogP contribution in [0.25, 0.3) is 11.0 Å². The van der Waals surface area contributed by atoms with E-state index in [1.807, 2.05) is 24.9 Å². The van der Waals surface area contributed by atoms with Crippen LogP contribution in [0, 0.1) is 6.92 Å². The van der Waals surface area contributed by atoms with E-state index in [9.17, 15) is 13.2 Å². The van der Waals surface area contributed by atoms with Crippen LogP contribution in [0.2, 0.25) is 0 Å². The molecule has 0 saturated carbocycles. The molecule has 1 aliphatic heterocycles. The van der Waals surface area contributed by atoms with Gasteiger partial charge >= 0.3 is 0 Å². The highest BCUT2D eigenvalue weighted by molar-refractivity contribution is 7.90. The van der Waals surface area contributed by atoms with Crippen LogP contribution in [-0.2, 0) is 14.8 Å². The van der Waals surface area contributed by atoms with Crippen LogP contribution in [0.3, 0.4) is 0 Å². The van der Waals surface area contributed by atoms with Gasteiger partial charge in [0.25, 0.3) is 10.0 Å². The molecule has 0 bridgehead atoms. The maximum atomic E-state index is 13.5. The normalized spacial score (nSPS) is 18.9. The van der Waals surface area contributed by atoms with Gasteiger partial charge in [0, 0.05) is 19.4 Å². The Hall–Kier alpha value is -2.51. The van der Waals surface area contributed by atoms with Crippen LogP contribution < -0.4 is 0 Å². The number of carbonyl (C=O) groups excluding carboxylic acids is 1. The summed E-state index contributed by atoms with van der Waals surface area (Å²) in [5.41, 5.74) is 2.12. The van der Waals surface area contributed by atoms with Crippen LogP contribution in [0.5, 0.6) is 0 Å². The summed E-state index contributed by atoms with van der Waals surface area (Å²) in [6.07, 6.45) is 0.751. The molecule has 27 heavy (non-hydrogen) atoms. The zero-order chi connectivity index (χ0) is 19.2. The third kappa shape index (κ3) is 3.07. The van der Waals surface area contributed by atoms with Gasteiger partial charge in [-0.15, -0.1) is 0 Å². The number of fused-ring (bicyclic) bond motifs is 1. The summed E-state index contributed by atoms with van der Waals surface area (Å²) in [7, 11) is -1.94. The number of likely N-dealkylation sites (tertiary alicyclic amines) is 1. The second-order valence-corrected chi connectivity index (χ2v) is 8.82. The molecule has 1 atom stereocenters. The lowest BCUT2D eigenvalue weighted by atomic mass is 10.0. The van der Waals surface area contributed by atoms with Crippen molar-refractivity contribution in [2.45, 2.75) is 30.7 Å². The molecule has 1 saturated heterocycles. The average Bonchev–Trinajstić information content (AvgIpc) is 3.04. The number of hydrogen-bond acceptors (Lipinski definition) is 5. The number of hydrogen-bond donors (Lipinski definition) is 0. The Balaban J connectivity index is 1.96. The van der Waals surface area contributed by atoms with E-state index >= 15 is 0 Å². The van der Waals surface area contributed by atoms with Crippen molar-refractivity contribution in [3.63, 3.8) is 0 Å². The monoisotopic (exact) mass is 383 g/mol. The summed E-state index contributed by atoms with van der Waals surface area (Å²) >= 11 is 0. The molecule has 2 aromatic carbocycles. The number of Topliss-reactive ketones (excluding diaryl/α,β-unsaturated/α-hetero) is 1. The lowest BCUT2D eigenvalue weighted by Gasteiger charge is -2.31. The Morgan fingerprint density at radius 3 is 2.52 bits per heavy atom.